The van der Waals surface area contributed by atoms with Crippen molar-refractivity contribution in [2.45, 2.75) is 69.7 Å². The Hall–Kier alpha value is -0.530. The fraction of sp³-hybridized carbons (Fsp3) is 0.667. The lowest BCUT2D eigenvalue weighted by molar-refractivity contribution is 0.399. The van der Waals surface area contributed by atoms with Gasteiger partial charge in [0.15, 0.2) is 0 Å². The molecule has 0 spiro atoms. The Kier molecular flexibility index (Phi) is 5.01. The van der Waals surface area contributed by atoms with Gasteiger partial charge in [0, 0.05) is 11.1 Å². The first-order valence-corrected chi connectivity index (χ1v) is 8.72. The Morgan fingerprint density at radius 1 is 1.00 bits per heavy atom. The molecule has 1 saturated carbocycles. The number of halogens is 1. The van der Waals surface area contributed by atoms with Crippen LogP contribution in [0.5, 0.6) is 0 Å². The van der Waals surface area contributed by atoms with Gasteiger partial charge in [0.2, 0.25) is 0 Å². The van der Waals surface area contributed by atoms with E-state index in [-0.39, 0.29) is 0 Å². The molecule has 1 aromatic rings. The monoisotopic (exact) mass is 291 g/mol. The first-order chi connectivity index (χ1) is 9.83. The van der Waals surface area contributed by atoms with Crippen molar-refractivity contribution in [3.05, 3.63) is 34.3 Å². The molecular weight excluding hydrogens is 266 g/mol. The third kappa shape index (κ3) is 3.56. The lowest BCUT2D eigenvalue weighted by Gasteiger charge is -2.25. The van der Waals surface area contributed by atoms with Crippen LogP contribution in [0.25, 0.3) is 0 Å². The van der Waals surface area contributed by atoms with E-state index in [9.17, 15) is 0 Å². The molecule has 1 heterocycles. The highest BCUT2D eigenvalue weighted by Gasteiger charge is 2.19. The molecule has 1 N–H and O–H groups in total. The fourth-order valence-corrected chi connectivity index (χ4v) is 4.18. The first kappa shape index (κ1) is 14.4. The smallest absolute Gasteiger partial charge is 0.0443 e. The topological polar surface area (TPSA) is 12.0 Å². The van der Waals surface area contributed by atoms with Crippen molar-refractivity contribution < 1.29 is 0 Å². The van der Waals surface area contributed by atoms with Crippen LogP contribution in [0.15, 0.2) is 18.2 Å². The van der Waals surface area contributed by atoms with Crippen LogP contribution in [-0.2, 0) is 6.42 Å². The molecule has 3 rings (SSSR count). The molecule has 2 fully saturated rings. The van der Waals surface area contributed by atoms with Crippen molar-refractivity contribution in [3.63, 3.8) is 0 Å². The number of hydrogen-bond donors (Lipinski definition) is 1. The van der Waals surface area contributed by atoms with E-state index < -0.39 is 0 Å². The van der Waals surface area contributed by atoms with Crippen LogP contribution < -0.4 is 5.32 Å². The molecule has 1 aromatic carbocycles. The molecule has 0 amide bonds. The Bertz CT molecular complexity index is 431. The van der Waals surface area contributed by atoms with Crippen LogP contribution in [0.1, 0.15) is 68.4 Å². The normalized spacial score (nSPS) is 24.8. The van der Waals surface area contributed by atoms with Gasteiger partial charge in [-0.2, -0.15) is 0 Å². The number of rotatable bonds is 3. The second-order valence-corrected chi connectivity index (χ2v) is 6.95. The summed E-state index contributed by atoms with van der Waals surface area (Å²) in [4.78, 5) is 0. The largest absolute Gasteiger partial charge is 0.314 e. The van der Waals surface area contributed by atoms with Gasteiger partial charge in [-0.15, -0.1) is 0 Å². The molecule has 0 aromatic heterocycles. The zero-order chi connectivity index (χ0) is 13.8. The number of benzene rings is 1. The Balaban J connectivity index is 1.66. The van der Waals surface area contributed by atoms with E-state index in [0.29, 0.717) is 12.0 Å². The van der Waals surface area contributed by atoms with Gasteiger partial charge in [0.1, 0.15) is 0 Å². The molecule has 110 valence electrons. The van der Waals surface area contributed by atoms with Gasteiger partial charge in [-0.05, 0) is 61.8 Å². The van der Waals surface area contributed by atoms with Gasteiger partial charge in [0.05, 0.1) is 0 Å². The molecule has 1 nitrogen and oxygen atoms in total. The fourth-order valence-electron chi connectivity index (χ4n) is 3.83. The molecule has 2 heteroatoms. The summed E-state index contributed by atoms with van der Waals surface area (Å²) in [6.45, 7) is 1.18. The average Bonchev–Trinajstić information content (AvgIpc) is 2.49. The minimum Gasteiger partial charge on any atom is -0.314 e. The third-order valence-electron chi connectivity index (χ3n) is 5.00. The second kappa shape index (κ2) is 6.95. The SMILES string of the molecule is Clc1cc(CC2CCCCN2)ccc1C1CCCCC1. The number of nitrogens with one attached hydrogen (secondary N) is 1. The van der Waals surface area contributed by atoms with Crippen LogP contribution in [0, 0.1) is 0 Å². The van der Waals surface area contributed by atoms with Crippen LogP contribution in [-0.4, -0.2) is 12.6 Å². The van der Waals surface area contributed by atoms with Gasteiger partial charge in [-0.1, -0.05) is 49.4 Å². The molecule has 0 bridgehead atoms. The summed E-state index contributed by atoms with van der Waals surface area (Å²) in [5, 5.41) is 4.63. The van der Waals surface area contributed by atoms with Crippen molar-refractivity contribution in [1.82, 2.24) is 5.32 Å². The van der Waals surface area contributed by atoms with E-state index in [2.05, 4.69) is 23.5 Å². The lowest BCUT2D eigenvalue weighted by Crippen LogP contribution is -2.35. The van der Waals surface area contributed by atoms with Crippen molar-refractivity contribution in [2.24, 2.45) is 0 Å². The van der Waals surface area contributed by atoms with E-state index in [0.717, 1.165) is 11.4 Å². The summed E-state index contributed by atoms with van der Waals surface area (Å²) >= 11 is 6.56. The molecule has 0 radical (unpaired) electrons. The molecule has 1 atom stereocenters. The highest BCUT2D eigenvalue weighted by molar-refractivity contribution is 6.31. The average molecular weight is 292 g/mol. The molecule has 1 aliphatic heterocycles. The maximum absolute atomic E-state index is 6.56. The first-order valence-electron chi connectivity index (χ1n) is 8.34. The summed E-state index contributed by atoms with van der Waals surface area (Å²) in [6, 6.07) is 7.49. The minimum atomic E-state index is 0.653. The minimum absolute atomic E-state index is 0.653. The Morgan fingerprint density at radius 3 is 2.50 bits per heavy atom. The summed E-state index contributed by atoms with van der Waals surface area (Å²) in [5.74, 6) is 0.707. The van der Waals surface area contributed by atoms with Crippen molar-refractivity contribution in [2.75, 3.05) is 6.54 Å². The van der Waals surface area contributed by atoms with E-state index >= 15 is 0 Å². The molecule has 1 unspecified atom stereocenters. The summed E-state index contributed by atoms with van der Waals surface area (Å²) < 4.78 is 0. The second-order valence-electron chi connectivity index (χ2n) is 6.54. The summed E-state index contributed by atoms with van der Waals surface area (Å²) in [6.07, 6.45) is 11.9. The molecule has 20 heavy (non-hydrogen) atoms. The zero-order valence-electron chi connectivity index (χ0n) is 12.3. The molecule has 1 saturated heterocycles. The predicted molar refractivity (Wildman–Crippen MR) is 86.6 cm³/mol. The predicted octanol–water partition coefficient (Wildman–Crippen LogP) is 5.07. The van der Waals surface area contributed by atoms with Crippen molar-refractivity contribution in [3.8, 4) is 0 Å². The molecular formula is C18H26ClN. The van der Waals surface area contributed by atoms with Gasteiger partial charge in [0.25, 0.3) is 0 Å². The van der Waals surface area contributed by atoms with Gasteiger partial charge >= 0.3 is 0 Å². The van der Waals surface area contributed by atoms with Gasteiger partial charge in [-0.3, -0.25) is 0 Å². The van der Waals surface area contributed by atoms with Gasteiger partial charge < -0.3 is 5.32 Å². The van der Waals surface area contributed by atoms with Crippen LogP contribution in [0.3, 0.4) is 0 Å². The third-order valence-corrected chi connectivity index (χ3v) is 5.33. The lowest BCUT2D eigenvalue weighted by atomic mass is 9.83. The standard InChI is InChI=1S/C18H26ClN/c19-18-13-14(12-16-8-4-5-11-20-16)9-10-17(18)15-6-2-1-3-7-15/h9-10,13,15-16,20H,1-8,11-12H2. The maximum atomic E-state index is 6.56. The quantitative estimate of drug-likeness (QED) is 0.819. The molecule has 2 aliphatic rings. The van der Waals surface area contributed by atoms with E-state index in [1.807, 2.05) is 0 Å². The summed E-state index contributed by atoms with van der Waals surface area (Å²) in [5.41, 5.74) is 2.79. The number of piperidine rings is 1. The van der Waals surface area contributed by atoms with E-state index in [1.54, 1.807) is 0 Å². The Labute approximate surface area is 128 Å². The Morgan fingerprint density at radius 2 is 1.80 bits per heavy atom. The van der Waals surface area contributed by atoms with Gasteiger partial charge in [-0.25, -0.2) is 0 Å². The summed E-state index contributed by atoms with van der Waals surface area (Å²) in [7, 11) is 0. The van der Waals surface area contributed by atoms with E-state index in [1.165, 1.54) is 69.0 Å². The van der Waals surface area contributed by atoms with Crippen LogP contribution >= 0.6 is 11.6 Å². The van der Waals surface area contributed by atoms with Crippen molar-refractivity contribution in [1.29, 1.82) is 0 Å². The van der Waals surface area contributed by atoms with E-state index in [4.69, 9.17) is 11.6 Å². The number of hydrogen-bond acceptors (Lipinski definition) is 1. The zero-order valence-corrected chi connectivity index (χ0v) is 13.1. The van der Waals surface area contributed by atoms with Crippen LogP contribution in [0.2, 0.25) is 5.02 Å². The van der Waals surface area contributed by atoms with Crippen LogP contribution in [0.4, 0.5) is 0 Å². The maximum Gasteiger partial charge on any atom is 0.0443 e. The van der Waals surface area contributed by atoms with Crippen molar-refractivity contribution >= 4 is 11.6 Å². The molecule has 1 aliphatic carbocycles. The highest BCUT2D eigenvalue weighted by Crippen LogP contribution is 2.36. The highest BCUT2D eigenvalue weighted by atomic mass is 35.5.